The largest absolute Gasteiger partial charge is 0.396 e. The van der Waals surface area contributed by atoms with Crippen molar-refractivity contribution in [3.05, 3.63) is 71.3 Å². The van der Waals surface area contributed by atoms with Crippen LogP contribution in [0.5, 0.6) is 0 Å². The molecular weight excluding hydrogens is 366 g/mol. The minimum absolute atomic E-state index is 0.0484. The van der Waals surface area contributed by atoms with Crippen LogP contribution in [0.15, 0.2) is 59.8 Å². The number of likely N-dealkylation sites (tertiary alicyclic amines) is 1. The Morgan fingerprint density at radius 3 is 2.62 bits per heavy atom. The van der Waals surface area contributed by atoms with Gasteiger partial charge >= 0.3 is 0 Å². The normalized spacial score (nSPS) is 19.0. The number of carbonyl (C=O) groups excluding carboxylic acids is 1. The van der Waals surface area contributed by atoms with Crippen LogP contribution in [-0.4, -0.2) is 54.0 Å². The third-order valence-electron chi connectivity index (χ3n) is 5.21. The topological polar surface area (TPSA) is 88.2 Å². The number of nitrogens with zero attached hydrogens (tertiary/aromatic N) is 2. The second-order valence-electron chi connectivity index (χ2n) is 7.61. The van der Waals surface area contributed by atoms with Gasteiger partial charge < -0.3 is 20.6 Å². The van der Waals surface area contributed by atoms with Gasteiger partial charge in [-0.3, -0.25) is 4.79 Å². The fraction of sp³-hybridized carbons (Fsp3) is 0.391. The zero-order valence-corrected chi connectivity index (χ0v) is 16.7. The molecule has 0 unspecified atom stereocenters. The maximum atomic E-state index is 12.6. The molecule has 0 saturated carbocycles. The second-order valence-corrected chi connectivity index (χ2v) is 7.61. The molecule has 1 saturated heterocycles. The highest BCUT2D eigenvalue weighted by atomic mass is 16.6. The van der Waals surface area contributed by atoms with E-state index in [1.54, 1.807) is 11.1 Å². The molecule has 1 heterocycles. The molecule has 6 heteroatoms. The standard InChI is InChI=1S/C23H29N3O3/c24-23(18-27)13-15-26(17-23)22(28)21-10-8-20(9-11-21)12-14-25-29-16-4-7-19-5-2-1-3-6-19/h1-3,5-6,8-11,14,27H,4,7,12-13,15-18,24H2/b25-14+/t23-/m0/s1. The van der Waals surface area contributed by atoms with Crippen LogP contribution in [0.3, 0.4) is 0 Å². The summed E-state index contributed by atoms with van der Waals surface area (Å²) in [4.78, 5) is 19.6. The van der Waals surface area contributed by atoms with Crippen LogP contribution in [0.2, 0.25) is 0 Å². The molecule has 1 amide bonds. The van der Waals surface area contributed by atoms with Gasteiger partial charge in [0.15, 0.2) is 0 Å². The number of rotatable bonds is 9. The minimum Gasteiger partial charge on any atom is -0.396 e. The third-order valence-corrected chi connectivity index (χ3v) is 5.21. The molecule has 0 aliphatic carbocycles. The van der Waals surface area contributed by atoms with Crippen molar-refractivity contribution in [3.63, 3.8) is 0 Å². The van der Waals surface area contributed by atoms with E-state index < -0.39 is 5.54 Å². The van der Waals surface area contributed by atoms with Crippen LogP contribution >= 0.6 is 0 Å². The maximum Gasteiger partial charge on any atom is 0.253 e. The van der Waals surface area contributed by atoms with Crippen molar-refractivity contribution in [3.8, 4) is 0 Å². The number of aliphatic hydroxyl groups is 1. The molecule has 2 aromatic carbocycles. The maximum absolute atomic E-state index is 12.6. The summed E-state index contributed by atoms with van der Waals surface area (Å²) in [6.45, 7) is 1.44. The van der Waals surface area contributed by atoms with Crippen LogP contribution < -0.4 is 5.73 Å². The molecule has 1 aliphatic heterocycles. The van der Waals surface area contributed by atoms with Gasteiger partial charge in [-0.1, -0.05) is 47.6 Å². The van der Waals surface area contributed by atoms with Crippen molar-refractivity contribution >= 4 is 12.1 Å². The van der Waals surface area contributed by atoms with E-state index in [4.69, 9.17) is 10.6 Å². The highest BCUT2D eigenvalue weighted by molar-refractivity contribution is 5.94. The lowest BCUT2D eigenvalue weighted by Gasteiger charge is -2.22. The minimum atomic E-state index is -0.673. The zero-order valence-electron chi connectivity index (χ0n) is 16.7. The first-order valence-corrected chi connectivity index (χ1v) is 10.1. The number of oxime groups is 1. The van der Waals surface area contributed by atoms with Crippen molar-refractivity contribution in [2.45, 2.75) is 31.2 Å². The van der Waals surface area contributed by atoms with Crippen LogP contribution in [0, 0.1) is 0 Å². The first-order valence-electron chi connectivity index (χ1n) is 10.1. The smallest absolute Gasteiger partial charge is 0.253 e. The summed E-state index contributed by atoms with van der Waals surface area (Å²) in [5.41, 5.74) is 8.36. The Balaban J connectivity index is 1.38. The summed E-state index contributed by atoms with van der Waals surface area (Å²) in [5.74, 6) is -0.0484. The lowest BCUT2D eigenvalue weighted by Crippen LogP contribution is -2.46. The van der Waals surface area contributed by atoms with Crippen LogP contribution in [0.1, 0.15) is 34.3 Å². The fourth-order valence-electron chi connectivity index (χ4n) is 3.40. The molecule has 3 N–H and O–H groups in total. The van der Waals surface area contributed by atoms with Crippen molar-refractivity contribution in [2.75, 3.05) is 26.3 Å². The van der Waals surface area contributed by atoms with Gasteiger partial charge in [0, 0.05) is 31.3 Å². The van der Waals surface area contributed by atoms with Gasteiger partial charge in [-0.25, -0.2) is 0 Å². The van der Waals surface area contributed by atoms with Crippen LogP contribution in [0.4, 0.5) is 0 Å². The Morgan fingerprint density at radius 2 is 1.93 bits per heavy atom. The van der Waals surface area contributed by atoms with Crippen LogP contribution in [0.25, 0.3) is 0 Å². The van der Waals surface area contributed by atoms with Crippen molar-refractivity contribution < 1.29 is 14.7 Å². The van der Waals surface area contributed by atoms with E-state index in [1.807, 2.05) is 42.5 Å². The molecule has 1 atom stereocenters. The van der Waals surface area contributed by atoms with Gasteiger partial charge in [-0.15, -0.1) is 0 Å². The summed E-state index contributed by atoms with van der Waals surface area (Å²) in [7, 11) is 0. The Bertz CT molecular complexity index is 808. The van der Waals surface area contributed by atoms with E-state index in [-0.39, 0.29) is 12.5 Å². The first-order chi connectivity index (χ1) is 14.1. The van der Waals surface area contributed by atoms with E-state index in [0.717, 1.165) is 18.4 Å². The number of hydrogen-bond acceptors (Lipinski definition) is 5. The number of carbonyl (C=O) groups is 1. The van der Waals surface area contributed by atoms with Gasteiger partial charge in [0.05, 0.1) is 12.1 Å². The Morgan fingerprint density at radius 1 is 1.17 bits per heavy atom. The molecule has 2 aromatic rings. The molecule has 0 spiro atoms. The van der Waals surface area contributed by atoms with Gasteiger partial charge in [-0.2, -0.15) is 0 Å². The van der Waals surface area contributed by atoms with Crippen LogP contribution in [-0.2, 0) is 17.7 Å². The predicted molar refractivity (Wildman–Crippen MR) is 114 cm³/mol. The number of nitrogens with two attached hydrogens (primary N) is 1. The Labute approximate surface area is 172 Å². The molecule has 1 fully saturated rings. The van der Waals surface area contributed by atoms with Crippen molar-refractivity contribution in [1.82, 2.24) is 4.90 Å². The summed E-state index contributed by atoms with van der Waals surface area (Å²) in [6.07, 6.45) is 4.91. The van der Waals surface area contributed by atoms with Gasteiger partial charge in [0.2, 0.25) is 0 Å². The lowest BCUT2D eigenvalue weighted by molar-refractivity contribution is 0.0775. The highest BCUT2D eigenvalue weighted by Crippen LogP contribution is 2.20. The molecule has 0 aromatic heterocycles. The number of aliphatic hydroxyl groups excluding tert-OH is 1. The molecule has 29 heavy (non-hydrogen) atoms. The van der Waals surface area contributed by atoms with E-state index in [1.165, 1.54) is 5.56 Å². The van der Waals surface area contributed by atoms with Crippen molar-refractivity contribution in [2.24, 2.45) is 10.9 Å². The number of aryl methyl sites for hydroxylation is 1. The summed E-state index contributed by atoms with van der Waals surface area (Å²) in [5, 5.41) is 13.4. The van der Waals surface area contributed by atoms with E-state index in [9.17, 15) is 9.90 Å². The second kappa shape index (κ2) is 10.2. The summed E-state index contributed by atoms with van der Waals surface area (Å²) in [6, 6.07) is 17.8. The average Bonchev–Trinajstić information content (AvgIpc) is 3.16. The average molecular weight is 396 g/mol. The molecule has 154 valence electrons. The van der Waals surface area contributed by atoms with E-state index in [0.29, 0.717) is 38.1 Å². The molecule has 3 rings (SSSR count). The Kier molecular flexibility index (Phi) is 7.38. The lowest BCUT2D eigenvalue weighted by atomic mass is 10.0. The van der Waals surface area contributed by atoms with Crippen molar-refractivity contribution in [1.29, 1.82) is 0 Å². The first kappa shape index (κ1) is 21.0. The SMILES string of the molecule is N[C@@]1(CO)CCN(C(=O)c2ccc(C/C=N/OCCCc3ccccc3)cc2)C1. The number of amides is 1. The highest BCUT2D eigenvalue weighted by Gasteiger charge is 2.36. The Hall–Kier alpha value is -2.70. The van der Waals surface area contributed by atoms with E-state index >= 15 is 0 Å². The number of benzene rings is 2. The fourth-order valence-corrected chi connectivity index (χ4v) is 3.40. The molecular formula is C23H29N3O3. The quantitative estimate of drug-likeness (QED) is 0.388. The number of hydrogen-bond donors (Lipinski definition) is 2. The molecule has 1 aliphatic rings. The zero-order chi connectivity index (χ0) is 20.5. The van der Waals surface area contributed by atoms with E-state index in [2.05, 4.69) is 17.3 Å². The van der Waals surface area contributed by atoms with Gasteiger partial charge in [0.25, 0.3) is 5.91 Å². The van der Waals surface area contributed by atoms with Gasteiger partial charge in [-0.05, 0) is 42.5 Å². The third kappa shape index (κ3) is 6.14. The van der Waals surface area contributed by atoms with Gasteiger partial charge in [0.1, 0.15) is 6.61 Å². The molecule has 6 nitrogen and oxygen atoms in total. The predicted octanol–water partition coefficient (Wildman–Crippen LogP) is 2.40. The molecule has 0 radical (unpaired) electrons. The molecule has 0 bridgehead atoms. The monoisotopic (exact) mass is 395 g/mol. The summed E-state index contributed by atoms with van der Waals surface area (Å²) < 4.78 is 0. The summed E-state index contributed by atoms with van der Waals surface area (Å²) >= 11 is 0.